The molecule has 0 aliphatic heterocycles. The summed E-state index contributed by atoms with van der Waals surface area (Å²) in [6.07, 6.45) is 3.43. The third-order valence-corrected chi connectivity index (χ3v) is 5.54. The Morgan fingerprint density at radius 1 is 0.433 bits per heavy atom. The molecular formula is C27H17N3. The highest BCUT2D eigenvalue weighted by Crippen LogP contribution is 2.29. The maximum absolute atomic E-state index is 4.95. The molecule has 0 bridgehead atoms. The third kappa shape index (κ3) is 2.88. The minimum Gasteiger partial charge on any atom is -0.253 e. The predicted octanol–water partition coefficient (Wildman–Crippen LogP) is 6.67. The van der Waals surface area contributed by atoms with Gasteiger partial charge in [0.15, 0.2) is 0 Å². The molecule has 2 heterocycles. The van der Waals surface area contributed by atoms with Gasteiger partial charge in [0.1, 0.15) is 0 Å². The summed E-state index contributed by atoms with van der Waals surface area (Å²) < 4.78 is 0. The van der Waals surface area contributed by atoms with Gasteiger partial charge in [-0.05, 0) is 52.2 Å². The molecule has 0 atom stereocenters. The molecule has 4 aromatic carbocycles. The van der Waals surface area contributed by atoms with Crippen LogP contribution in [0.2, 0.25) is 0 Å². The van der Waals surface area contributed by atoms with Crippen LogP contribution in [-0.4, -0.2) is 15.0 Å². The van der Waals surface area contributed by atoms with E-state index in [-0.39, 0.29) is 0 Å². The van der Waals surface area contributed by atoms with Crippen molar-refractivity contribution in [1.29, 1.82) is 0 Å². The van der Waals surface area contributed by atoms with Gasteiger partial charge in [-0.1, -0.05) is 60.7 Å². The Balaban J connectivity index is 1.46. The van der Waals surface area contributed by atoms with Gasteiger partial charge in [0, 0.05) is 23.3 Å². The standard InChI is InChI=1S/C27H17N3/c1-2-4-20-15-21(7-5-18(20)3-1)22-8-6-19-9-11-24(30-26(19)16-22)23-10-12-25-27(17-23)29-14-13-28-25/h1-17H. The van der Waals surface area contributed by atoms with Crippen molar-refractivity contribution in [2.75, 3.05) is 0 Å². The first-order valence-electron chi connectivity index (χ1n) is 9.95. The number of hydrogen-bond donors (Lipinski definition) is 0. The minimum absolute atomic E-state index is 0.877. The highest BCUT2D eigenvalue weighted by molar-refractivity contribution is 5.91. The second-order valence-corrected chi connectivity index (χ2v) is 7.43. The van der Waals surface area contributed by atoms with Gasteiger partial charge < -0.3 is 0 Å². The number of rotatable bonds is 2. The second-order valence-electron chi connectivity index (χ2n) is 7.43. The van der Waals surface area contributed by atoms with E-state index in [9.17, 15) is 0 Å². The van der Waals surface area contributed by atoms with Gasteiger partial charge in [-0.2, -0.15) is 0 Å². The summed E-state index contributed by atoms with van der Waals surface area (Å²) >= 11 is 0. The fraction of sp³-hybridized carbons (Fsp3) is 0. The molecule has 3 heteroatoms. The average Bonchev–Trinajstić information content (AvgIpc) is 2.82. The molecule has 6 rings (SSSR count). The molecule has 0 aliphatic rings. The van der Waals surface area contributed by atoms with Crippen LogP contribution in [0.5, 0.6) is 0 Å². The van der Waals surface area contributed by atoms with Crippen molar-refractivity contribution in [2.24, 2.45) is 0 Å². The molecule has 0 unspecified atom stereocenters. The molecule has 0 aliphatic carbocycles. The van der Waals surface area contributed by atoms with Gasteiger partial charge in [-0.25, -0.2) is 4.98 Å². The van der Waals surface area contributed by atoms with E-state index in [0.717, 1.165) is 33.2 Å². The zero-order chi connectivity index (χ0) is 19.9. The SMILES string of the molecule is c1ccc2cc(-c3ccc4ccc(-c5ccc6nccnc6c5)nc4c3)ccc2c1. The Hall–Kier alpha value is -4.11. The van der Waals surface area contributed by atoms with Crippen LogP contribution in [0.15, 0.2) is 103 Å². The molecule has 0 spiro atoms. The molecule has 30 heavy (non-hydrogen) atoms. The van der Waals surface area contributed by atoms with Gasteiger partial charge in [-0.3, -0.25) is 9.97 Å². The number of fused-ring (bicyclic) bond motifs is 3. The quantitative estimate of drug-likeness (QED) is 0.335. The number of pyridine rings is 1. The summed E-state index contributed by atoms with van der Waals surface area (Å²) in [4.78, 5) is 13.7. The molecule has 6 aromatic rings. The number of benzene rings is 4. The van der Waals surface area contributed by atoms with E-state index in [2.05, 4.69) is 88.8 Å². The highest BCUT2D eigenvalue weighted by Gasteiger charge is 2.06. The molecule has 0 saturated heterocycles. The van der Waals surface area contributed by atoms with Crippen LogP contribution < -0.4 is 0 Å². The first kappa shape index (κ1) is 16.8. The summed E-state index contributed by atoms with van der Waals surface area (Å²) in [5, 5.41) is 3.62. The Labute approximate surface area is 173 Å². The van der Waals surface area contributed by atoms with E-state index in [0.29, 0.717) is 0 Å². The summed E-state index contributed by atoms with van der Waals surface area (Å²) in [6, 6.07) is 31.8. The molecule has 0 fully saturated rings. The number of hydrogen-bond acceptors (Lipinski definition) is 3. The van der Waals surface area contributed by atoms with Crippen LogP contribution in [-0.2, 0) is 0 Å². The summed E-state index contributed by atoms with van der Waals surface area (Å²) in [5.41, 5.74) is 7.10. The summed E-state index contributed by atoms with van der Waals surface area (Å²) in [6.45, 7) is 0. The van der Waals surface area contributed by atoms with Gasteiger partial charge in [-0.15, -0.1) is 0 Å². The van der Waals surface area contributed by atoms with Crippen molar-refractivity contribution in [3.8, 4) is 22.4 Å². The van der Waals surface area contributed by atoms with E-state index in [1.165, 1.54) is 21.9 Å². The molecule has 0 N–H and O–H groups in total. The molecular weight excluding hydrogens is 366 g/mol. The van der Waals surface area contributed by atoms with Gasteiger partial charge in [0.25, 0.3) is 0 Å². The lowest BCUT2D eigenvalue weighted by Crippen LogP contribution is -1.88. The maximum atomic E-state index is 4.95. The van der Waals surface area contributed by atoms with Crippen LogP contribution >= 0.6 is 0 Å². The Kier molecular flexibility index (Phi) is 3.78. The number of nitrogens with zero attached hydrogens (tertiary/aromatic N) is 3. The van der Waals surface area contributed by atoms with Crippen molar-refractivity contribution in [2.45, 2.75) is 0 Å². The van der Waals surface area contributed by atoms with Crippen molar-refractivity contribution < 1.29 is 0 Å². The fourth-order valence-electron chi connectivity index (χ4n) is 3.95. The van der Waals surface area contributed by atoms with E-state index in [1.807, 2.05) is 12.1 Å². The zero-order valence-corrected chi connectivity index (χ0v) is 16.2. The maximum Gasteiger partial charge on any atom is 0.0893 e. The Morgan fingerprint density at radius 2 is 1.10 bits per heavy atom. The molecule has 0 saturated carbocycles. The topological polar surface area (TPSA) is 38.7 Å². The smallest absolute Gasteiger partial charge is 0.0893 e. The van der Waals surface area contributed by atoms with Crippen LogP contribution in [0.25, 0.3) is 55.1 Å². The monoisotopic (exact) mass is 383 g/mol. The lowest BCUT2D eigenvalue weighted by molar-refractivity contribution is 1.29. The van der Waals surface area contributed by atoms with E-state index >= 15 is 0 Å². The van der Waals surface area contributed by atoms with Gasteiger partial charge in [0.05, 0.1) is 22.2 Å². The lowest BCUT2D eigenvalue weighted by atomic mass is 10.00. The highest BCUT2D eigenvalue weighted by atomic mass is 14.8. The fourth-order valence-corrected chi connectivity index (χ4v) is 3.95. The van der Waals surface area contributed by atoms with Crippen molar-refractivity contribution in [1.82, 2.24) is 15.0 Å². The normalized spacial score (nSPS) is 11.3. The second kappa shape index (κ2) is 6.75. The summed E-state index contributed by atoms with van der Waals surface area (Å²) in [7, 11) is 0. The molecule has 140 valence electrons. The van der Waals surface area contributed by atoms with Crippen LogP contribution in [0.4, 0.5) is 0 Å². The molecule has 0 amide bonds. The van der Waals surface area contributed by atoms with Crippen LogP contribution in [0.1, 0.15) is 0 Å². The largest absolute Gasteiger partial charge is 0.253 e. The van der Waals surface area contributed by atoms with Crippen LogP contribution in [0, 0.1) is 0 Å². The third-order valence-electron chi connectivity index (χ3n) is 5.54. The molecule has 0 radical (unpaired) electrons. The lowest BCUT2D eigenvalue weighted by Gasteiger charge is -2.08. The van der Waals surface area contributed by atoms with E-state index < -0.39 is 0 Å². The van der Waals surface area contributed by atoms with Crippen molar-refractivity contribution in [3.63, 3.8) is 0 Å². The van der Waals surface area contributed by atoms with Crippen molar-refractivity contribution >= 4 is 32.7 Å². The van der Waals surface area contributed by atoms with Gasteiger partial charge in [0.2, 0.25) is 0 Å². The molecule has 3 nitrogen and oxygen atoms in total. The first-order valence-corrected chi connectivity index (χ1v) is 9.95. The predicted molar refractivity (Wildman–Crippen MR) is 123 cm³/mol. The number of aromatic nitrogens is 3. The Morgan fingerprint density at radius 3 is 2.00 bits per heavy atom. The van der Waals surface area contributed by atoms with Crippen molar-refractivity contribution in [3.05, 3.63) is 103 Å². The zero-order valence-electron chi connectivity index (χ0n) is 16.2. The summed E-state index contributed by atoms with van der Waals surface area (Å²) in [5.74, 6) is 0. The minimum atomic E-state index is 0.877. The van der Waals surface area contributed by atoms with Crippen LogP contribution in [0.3, 0.4) is 0 Å². The molecule has 2 aromatic heterocycles. The van der Waals surface area contributed by atoms with E-state index in [1.54, 1.807) is 12.4 Å². The first-order chi connectivity index (χ1) is 14.8. The average molecular weight is 383 g/mol. The Bertz CT molecular complexity index is 1440. The van der Waals surface area contributed by atoms with E-state index in [4.69, 9.17) is 4.98 Å². The van der Waals surface area contributed by atoms with Gasteiger partial charge >= 0.3 is 0 Å².